The van der Waals surface area contributed by atoms with E-state index in [2.05, 4.69) is 4.72 Å². The molecule has 5 nitrogen and oxygen atoms in total. The highest BCUT2D eigenvalue weighted by Gasteiger charge is 2.20. The molecule has 0 saturated heterocycles. The van der Waals surface area contributed by atoms with Crippen molar-refractivity contribution in [3.8, 4) is 17.2 Å². The van der Waals surface area contributed by atoms with Gasteiger partial charge in [-0.15, -0.1) is 0 Å². The van der Waals surface area contributed by atoms with Crippen LogP contribution in [0.1, 0.15) is 0 Å². The molecule has 0 saturated carbocycles. The standard InChI is InChI=1S/C19H17NO4S/c1-23-18-13-7-8-14-19(18)25(21,22)20-16-11-5-6-12-17(16)24-15-9-3-2-4-10-15/h2-14,20H,1H3. The third-order valence-corrected chi connectivity index (χ3v) is 4.87. The Hall–Kier alpha value is -2.99. The zero-order valence-electron chi connectivity index (χ0n) is 13.5. The average molecular weight is 355 g/mol. The van der Waals surface area contributed by atoms with E-state index in [9.17, 15) is 8.42 Å². The molecule has 1 N–H and O–H groups in total. The topological polar surface area (TPSA) is 64.6 Å². The van der Waals surface area contributed by atoms with Gasteiger partial charge in [0.2, 0.25) is 0 Å². The minimum atomic E-state index is -3.83. The molecule has 0 unspecified atom stereocenters. The maximum Gasteiger partial charge on any atom is 0.265 e. The molecule has 0 aliphatic rings. The maximum atomic E-state index is 12.7. The summed E-state index contributed by atoms with van der Waals surface area (Å²) in [5, 5.41) is 0. The lowest BCUT2D eigenvalue weighted by atomic mass is 10.3. The molecule has 0 atom stereocenters. The third kappa shape index (κ3) is 3.92. The van der Waals surface area contributed by atoms with Crippen LogP contribution in [0, 0.1) is 0 Å². The second-order valence-electron chi connectivity index (χ2n) is 5.17. The van der Waals surface area contributed by atoms with Gasteiger partial charge in [-0.2, -0.15) is 0 Å². The Morgan fingerprint density at radius 3 is 2.08 bits per heavy atom. The molecule has 0 aliphatic heterocycles. The number of hydrogen-bond donors (Lipinski definition) is 1. The summed E-state index contributed by atoms with van der Waals surface area (Å²) in [5.74, 6) is 1.30. The van der Waals surface area contributed by atoms with Crippen LogP contribution in [0.2, 0.25) is 0 Å². The Balaban J connectivity index is 1.93. The van der Waals surface area contributed by atoms with Crippen LogP contribution in [0.3, 0.4) is 0 Å². The second-order valence-corrected chi connectivity index (χ2v) is 6.82. The zero-order valence-corrected chi connectivity index (χ0v) is 14.4. The molecule has 0 fully saturated rings. The van der Waals surface area contributed by atoms with E-state index >= 15 is 0 Å². The molecule has 0 aliphatic carbocycles. The molecule has 0 bridgehead atoms. The van der Waals surface area contributed by atoms with Crippen molar-refractivity contribution in [3.63, 3.8) is 0 Å². The fraction of sp³-hybridized carbons (Fsp3) is 0.0526. The number of methoxy groups -OCH3 is 1. The minimum absolute atomic E-state index is 0.0621. The van der Waals surface area contributed by atoms with Gasteiger partial charge in [-0.3, -0.25) is 4.72 Å². The van der Waals surface area contributed by atoms with Crippen LogP contribution in [-0.4, -0.2) is 15.5 Å². The third-order valence-electron chi connectivity index (χ3n) is 3.46. The van der Waals surface area contributed by atoms with Crippen molar-refractivity contribution in [1.82, 2.24) is 0 Å². The molecule has 0 aromatic heterocycles. The molecule has 6 heteroatoms. The Morgan fingerprint density at radius 2 is 1.36 bits per heavy atom. The Morgan fingerprint density at radius 1 is 0.760 bits per heavy atom. The molecular formula is C19H17NO4S. The smallest absolute Gasteiger partial charge is 0.265 e. The van der Waals surface area contributed by atoms with Crippen LogP contribution >= 0.6 is 0 Å². The monoisotopic (exact) mass is 355 g/mol. The number of rotatable bonds is 6. The summed E-state index contributed by atoms with van der Waals surface area (Å²) >= 11 is 0. The molecule has 0 amide bonds. The summed E-state index contributed by atoms with van der Waals surface area (Å²) in [6.07, 6.45) is 0. The molecule has 3 aromatic carbocycles. The number of sulfonamides is 1. The zero-order chi connectivity index (χ0) is 17.7. The first-order valence-electron chi connectivity index (χ1n) is 7.58. The van der Waals surface area contributed by atoms with E-state index in [4.69, 9.17) is 9.47 Å². The number of hydrogen-bond acceptors (Lipinski definition) is 4. The Kier molecular flexibility index (Phi) is 4.90. The van der Waals surface area contributed by atoms with Crippen molar-refractivity contribution in [3.05, 3.63) is 78.9 Å². The summed E-state index contributed by atoms with van der Waals surface area (Å²) in [4.78, 5) is 0.0621. The van der Waals surface area contributed by atoms with E-state index < -0.39 is 10.0 Å². The van der Waals surface area contributed by atoms with Crippen LogP contribution in [0.5, 0.6) is 17.2 Å². The van der Waals surface area contributed by atoms with Crippen molar-refractivity contribution in [2.75, 3.05) is 11.8 Å². The number of anilines is 1. The van der Waals surface area contributed by atoms with Crippen molar-refractivity contribution in [2.45, 2.75) is 4.90 Å². The van der Waals surface area contributed by atoms with Crippen LogP contribution in [0.15, 0.2) is 83.8 Å². The first-order chi connectivity index (χ1) is 12.1. The summed E-state index contributed by atoms with van der Waals surface area (Å²) in [6, 6.07) is 22.5. The van der Waals surface area contributed by atoms with Crippen molar-refractivity contribution in [2.24, 2.45) is 0 Å². The number of benzene rings is 3. The average Bonchev–Trinajstić information content (AvgIpc) is 2.64. The fourth-order valence-corrected chi connectivity index (χ4v) is 3.54. The first-order valence-corrected chi connectivity index (χ1v) is 9.06. The van der Waals surface area contributed by atoms with Gasteiger partial charge in [-0.1, -0.05) is 42.5 Å². The van der Waals surface area contributed by atoms with Gasteiger partial charge in [0.25, 0.3) is 10.0 Å². The number of ether oxygens (including phenoxy) is 2. The normalized spacial score (nSPS) is 10.9. The van der Waals surface area contributed by atoms with Gasteiger partial charge in [-0.05, 0) is 36.4 Å². The van der Waals surface area contributed by atoms with Gasteiger partial charge in [0.05, 0.1) is 12.8 Å². The minimum Gasteiger partial charge on any atom is -0.495 e. The van der Waals surface area contributed by atoms with Crippen molar-refractivity contribution in [1.29, 1.82) is 0 Å². The van der Waals surface area contributed by atoms with E-state index in [1.165, 1.54) is 13.2 Å². The van der Waals surface area contributed by atoms with Gasteiger partial charge in [-0.25, -0.2) is 8.42 Å². The first kappa shape index (κ1) is 16.9. The van der Waals surface area contributed by atoms with Crippen molar-refractivity contribution >= 4 is 15.7 Å². The van der Waals surface area contributed by atoms with Gasteiger partial charge >= 0.3 is 0 Å². The predicted octanol–water partition coefficient (Wildman–Crippen LogP) is 4.29. The van der Waals surface area contributed by atoms with Gasteiger partial charge in [0.1, 0.15) is 16.4 Å². The van der Waals surface area contributed by atoms with Crippen LogP contribution in [-0.2, 0) is 10.0 Å². The highest BCUT2D eigenvalue weighted by atomic mass is 32.2. The predicted molar refractivity (Wildman–Crippen MR) is 96.8 cm³/mol. The van der Waals surface area contributed by atoms with Crippen LogP contribution in [0.4, 0.5) is 5.69 Å². The quantitative estimate of drug-likeness (QED) is 0.716. The lowest BCUT2D eigenvalue weighted by Crippen LogP contribution is -2.14. The molecule has 0 radical (unpaired) electrons. The van der Waals surface area contributed by atoms with Crippen molar-refractivity contribution < 1.29 is 17.9 Å². The number of para-hydroxylation sites is 4. The molecular weight excluding hydrogens is 338 g/mol. The van der Waals surface area contributed by atoms with Crippen LogP contribution in [0.25, 0.3) is 0 Å². The van der Waals surface area contributed by atoms with Crippen LogP contribution < -0.4 is 14.2 Å². The largest absolute Gasteiger partial charge is 0.495 e. The Bertz CT molecular complexity index is 956. The molecule has 128 valence electrons. The van der Waals surface area contributed by atoms with E-state index in [-0.39, 0.29) is 10.6 Å². The maximum absolute atomic E-state index is 12.7. The molecule has 0 spiro atoms. The molecule has 25 heavy (non-hydrogen) atoms. The fourth-order valence-electron chi connectivity index (χ4n) is 2.30. The lowest BCUT2D eigenvalue weighted by Gasteiger charge is -2.14. The summed E-state index contributed by atoms with van der Waals surface area (Å²) in [5.41, 5.74) is 0.345. The SMILES string of the molecule is COc1ccccc1S(=O)(=O)Nc1ccccc1Oc1ccccc1. The van der Waals surface area contributed by atoms with Gasteiger partial charge in [0.15, 0.2) is 5.75 Å². The van der Waals surface area contributed by atoms with Gasteiger partial charge in [0, 0.05) is 0 Å². The molecule has 3 aromatic rings. The van der Waals surface area contributed by atoms with E-state index in [0.29, 0.717) is 17.2 Å². The molecule has 0 heterocycles. The Labute approximate surface area is 146 Å². The summed E-state index contributed by atoms with van der Waals surface area (Å²) < 4.78 is 39.0. The summed E-state index contributed by atoms with van der Waals surface area (Å²) in [7, 11) is -2.39. The summed E-state index contributed by atoms with van der Waals surface area (Å²) in [6.45, 7) is 0. The van der Waals surface area contributed by atoms with E-state index in [0.717, 1.165) is 0 Å². The van der Waals surface area contributed by atoms with Gasteiger partial charge < -0.3 is 9.47 Å². The lowest BCUT2D eigenvalue weighted by molar-refractivity contribution is 0.403. The number of nitrogens with one attached hydrogen (secondary N) is 1. The van der Waals surface area contributed by atoms with E-state index in [1.807, 2.05) is 18.2 Å². The highest BCUT2D eigenvalue weighted by Crippen LogP contribution is 2.32. The van der Waals surface area contributed by atoms with E-state index in [1.54, 1.807) is 54.6 Å². The highest BCUT2D eigenvalue weighted by molar-refractivity contribution is 7.92. The second kappa shape index (κ2) is 7.27. The molecule has 3 rings (SSSR count).